The summed E-state index contributed by atoms with van der Waals surface area (Å²) in [6, 6.07) is 8.45. The van der Waals surface area contributed by atoms with E-state index in [-0.39, 0.29) is 48.6 Å². The highest BCUT2D eigenvalue weighted by atomic mass is 16.2. The number of carbonyl (C=O) groups is 3. The first-order chi connectivity index (χ1) is 15.6. The minimum atomic E-state index is -0.897. The molecule has 8 nitrogen and oxygen atoms in total. The molecule has 33 heavy (non-hydrogen) atoms. The number of hydrogen-bond acceptors (Lipinski definition) is 5. The number of para-hydroxylation sites is 1. The molecule has 1 saturated heterocycles. The second-order valence-corrected chi connectivity index (χ2v) is 10.0. The SMILES string of the molecule is CC(=O)N[C@H](CN[C@@H](CC(C)C)C(=O)N1C[C@]2(C[C@H]1C#N)C(=O)Nc1ccccc12)C(C)C. The van der Waals surface area contributed by atoms with Gasteiger partial charge in [0, 0.05) is 38.2 Å². The number of nitrogens with zero attached hydrogens (tertiary/aromatic N) is 2. The van der Waals surface area contributed by atoms with Crippen LogP contribution in [0.4, 0.5) is 5.69 Å². The van der Waals surface area contributed by atoms with Gasteiger partial charge >= 0.3 is 0 Å². The second-order valence-electron chi connectivity index (χ2n) is 10.0. The van der Waals surface area contributed by atoms with Crippen molar-refractivity contribution in [1.82, 2.24) is 15.5 Å². The molecule has 2 aliphatic rings. The predicted molar refractivity (Wildman–Crippen MR) is 126 cm³/mol. The smallest absolute Gasteiger partial charge is 0.240 e. The molecule has 0 aliphatic carbocycles. The Balaban J connectivity index is 1.83. The van der Waals surface area contributed by atoms with Crippen molar-refractivity contribution in [2.45, 2.75) is 71.0 Å². The van der Waals surface area contributed by atoms with Crippen LogP contribution in [0.3, 0.4) is 0 Å². The normalized spacial score (nSPS) is 23.4. The van der Waals surface area contributed by atoms with Crippen LogP contribution in [0.25, 0.3) is 0 Å². The average molecular weight is 454 g/mol. The predicted octanol–water partition coefficient (Wildman–Crippen LogP) is 2.17. The van der Waals surface area contributed by atoms with Crippen LogP contribution < -0.4 is 16.0 Å². The summed E-state index contributed by atoms with van der Waals surface area (Å²) in [5.41, 5.74) is 0.705. The quantitative estimate of drug-likeness (QED) is 0.558. The fourth-order valence-electron chi connectivity index (χ4n) is 4.91. The third-order valence-electron chi connectivity index (χ3n) is 6.70. The van der Waals surface area contributed by atoms with Gasteiger partial charge in [0.25, 0.3) is 0 Å². The maximum atomic E-state index is 13.7. The molecule has 1 fully saturated rings. The lowest BCUT2D eigenvalue weighted by Gasteiger charge is -2.30. The second kappa shape index (κ2) is 9.92. The molecule has 0 unspecified atom stereocenters. The van der Waals surface area contributed by atoms with Crippen molar-refractivity contribution >= 4 is 23.4 Å². The third kappa shape index (κ3) is 5.03. The molecule has 1 aromatic carbocycles. The van der Waals surface area contributed by atoms with Crippen LogP contribution in [0.5, 0.6) is 0 Å². The van der Waals surface area contributed by atoms with Gasteiger partial charge in [-0.2, -0.15) is 5.26 Å². The number of anilines is 1. The summed E-state index contributed by atoms with van der Waals surface area (Å²) in [6.45, 7) is 10.2. The number of hydrogen-bond donors (Lipinski definition) is 3. The summed E-state index contributed by atoms with van der Waals surface area (Å²) >= 11 is 0. The van der Waals surface area contributed by atoms with Crippen LogP contribution in [0.1, 0.15) is 53.0 Å². The fourth-order valence-corrected chi connectivity index (χ4v) is 4.91. The van der Waals surface area contributed by atoms with Gasteiger partial charge in [0.15, 0.2) is 0 Å². The highest BCUT2D eigenvalue weighted by molar-refractivity contribution is 6.07. The van der Waals surface area contributed by atoms with Crippen molar-refractivity contribution in [1.29, 1.82) is 5.26 Å². The molecule has 0 aromatic heterocycles. The van der Waals surface area contributed by atoms with E-state index in [0.29, 0.717) is 13.0 Å². The Hall–Kier alpha value is -2.92. The van der Waals surface area contributed by atoms with E-state index < -0.39 is 17.5 Å². The molecule has 3 rings (SSSR count). The van der Waals surface area contributed by atoms with Crippen molar-refractivity contribution in [2.24, 2.45) is 11.8 Å². The zero-order chi connectivity index (χ0) is 24.3. The zero-order valence-electron chi connectivity index (χ0n) is 20.1. The van der Waals surface area contributed by atoms with Crippen molar-refractivity contribution in [2.75, 3.05) is 18.4 Å². The molecule has 3 N–H and O–H groups in total. The molecule has 1 aromatic rings. The standard InChI is InChI=1S/C25H35N5O3/c1-15(2)10-21(27-13-22(16(3)4)28-17(5)31)23(32)30-14-25(11-18(30)12-26)19-8-6-7-9-20(19)29-24(25)33/h6-9,15-16,18,21-22,27H,10-11,13-14H2,1-5H3,(H,28,31)(H,29,33)/t18-,21-,22+,25-/m0/s1. The number of amides is 3. The van der Waals surface area contributed by atoms with E-state index in [1.165, 1.54) is 6.92 Å². The van der Waals surface area contributed by atoms with Gasteiger partial charge < -0.3 is 20.9 Å². The average Bonchev–Trinajstić information content (AvgIpc) is 3.27. The van der Waals surface area contributed by atoms with Crippen LogP contribution >= 0.6 is 0 Å². The Labute approximate surface area is 196 Å². The van der Waals surface area contributed by atoms with E-state index in [9.17, 15) is 19.6 Å². The first-order valence-electron chi connectivity index (χ1n) is 11.7. The van der Waals surface area contributed by atoms with Gasteiger partial charge in [-0.1, -0.05) is 45.9 Å². The lowest BCUT2D eigenvalue weighted by molar-refractivity contribution is -0.134. The van der Waals surface area contributed by atoms with Crippen LogP contribution in [0, 0.1) is 23.2 Å². The molecule has 4 atom stereocenters. The van der Waals surface area contributed by atoms with E-state index >= 15 is 0 Å². The molecule has 0 saturated carbocycles. The van der Waals surface area contributed by atoms with Crippen molar-refractivity contribution < 1.29 is 14.4 Å². The van der Waals surface area contributed by atoms with Gasteiger partial charge in [0.05, 0.1) is 17.5 Å². The van der Waals surface area contributed by atoms with Crippen molar-refractivity contribution in [3.05, 3.63) is 29.8 Å². The molecule has 178 valence electrons. The largest absolute Gasteiger partial charge is 0.352 e. The molecular weight excluding hydrogens is 418 g/mol. The van der Waals surface area contributed by atoms with E-state index in [1.54, 1.807) is 4.90 Å². The third-order valence-corrected chi connectivity index (χ3v) is 6.70. The fraction of sp³-hybridized carbons (Fsp3) is 0.600. The summed E-state index contributed by atoms with van der Waals surface area (Å²) in [7, 11) is 0. The van der Waals surface area contributed by atoms with Gasteiger partial charge in [-0.3, -0.25) is 14.4 Å². The minimum absolute atomic E-state index is 0.112. The molecule has 2 heterocycles. The lowest BCUT2D eigenvalue weighted by atomic mass is 9.80. The summed E-state index contributed by atoms with van der Waals surface area (Å²) < 4.78 is 0. The Kier molecular flexibility index (Phi) is 7.43. The highest BCUT2D eigenvalue weighted by Gasteiger charge is 2.56. The van der Waals surface area contributed by atoms with E-state index in [1.807, 2.05) is 52.0 Å². The van der Waals surface area contributed by atoms with Gasteiger partial charge in [-0.25, -0.2) is 0 Å². The lowest BCUT2D eigenvalue weighted by Crippen LogP contribution is -2.53. The first kappa shape index (κ1) is 24.7. The topological polar surface area (TPSA) is 114 Å². The molecule has 2 aliphatic heterocycles. The molecule has 0 bridgehead atoms. The van der Waals surface area contributed by atoms with Crippen LogP contribution in [-0.2, 0) is 19.8 Å². The number of nitriles is 1. The van der Waals surface area contributed by atoms with E-state index in [0.717, 1.165) is 11.3 Å². The molecular formula is C25H35N5O3. The maximum Gasteiger partial charge on any atom is 0.240 e. The summed E-state index contributed by atoms with van der Waals surface area (Å²) in [5.74, 6) is 0.00100. The Bertz CT molecular complexity index is 954. The van der Waals surface area contributed by atoms with Crippen molar-refractivity contribution in [3.63, 3.8) is 0 Å². The Morgan fingerprint density at radius 1 is 1.27 bits per heavy atom. The number of likely N-dealkylation sites (tertiary alicyclic amines) is 1. The van der Waals surface area contributed by atoms with E-state index in [2.05, 4.69) is 22.0 Å². The Morgan fingerprint density at radius 2 is 1.97 bits per heavy atom. The van der Waals surface area contributed by atoms with Crippen molar-refractivity contribution in [3.8, 4) is 6.07 Å². The number of benzene rings is 1. The number of fused-ring (bicyclic) bond motifs is 2. The molecule has 3 amide bonds. The molecule has 0 radical (unpaired) electrons. The van der Waals surface area contributed by atoms with Gasteiger partial charge in [0.1, 0.15) is 6.04 Å². The summed E-state index contributed by atoms with van der Waals surface area (Å²) in [5, 5.41) is 19.1. The highest BCUT2D eigenvalue weighted by Crippen LogP contribution is 2.46. The number of nitrogens with one attached hydrogen (secondary N) is 3. The summed E-state index contributed by atoms with van der Waals surface area (Å²) in [4.78, 5) is 39.9. The van der Waals surface area contributed by atoms with Gasteiger partial charge in [0.2, 0.25) is 17.7 Å². The summed E-state index contributed by atoms with van der Waals surface area (Å²) in [6.07, 6.45) is 0.876. The van der Waals surface area contributed by atoms with Crippen LogP contribution in [0.15, 0.2) is 24.3 Å². The van der Waals surface area contributed by atoms with Crippen LogP contribution in [-0.4, -0.2) is 53.8 Å². The monoisotopic (exact) mass is 453 g/mol. The van der Waals surface area contributed by atoms with Gasteiger partial charge in [-0.15, -0.1) is 0 Å². The Morgan fingerprint density at radius 3 is 2.58 bits per heavy atom. The van der Waals surface area contributed by atoms with Gasteiger partial charge in [-0.05, 0) is 29.9 Å². The zero-order valence-corrected chi connectivity index (χ0v) is 20.1. The number of rotatable bonds is 8. The number of carbonyl (C=O) groups excluding carboxylic acids is 3. The first-order valence-corrected chi connectivity index (χ1v) is 11.7. The maximum absolute atomic E-state index is 13.7. The molecule has 1 spiro atoms. The van der Waals surface area contributed by atoms with E-state index in [4.69, 9.17) is 0 Å². The molecule has 8 heteroatoms. The minimum Gasteiger partial charge on any atom is -0.352 e. The van der Waals surface area contributed by atoms with Crippen LogP contribution in [0.2, 0.25) is 0 Å².